The van der Waals surface area contributed by atoms with Crippen LogP contribution in [0.25, 0.3) is 0 Å². The predicted molar refractivity (Wildman–Crippen MR) is 104 cm³/mol. The molecule has 6 heteroatoms. The van der Waals surface area contributed by atoms with E-state index in [0.717, 1.165) is 24.0 Å². The second-order valence-electron chi connectivity index (χ2n) is 8.39. The standard InChI is InChI=1S/C22H28N2O4/c1-5-13-8-12(2)9-16-17(13)24-20-18(25)19(27-3)15-6-7-23-11-14(15)10-22(16,20)21(26)28-4/h5-7,11-12,16-17,19-20,24H,8-10H2,1-4H3/b13-5-. The lowest BCUT2D eigenvalue weighted by Crippen LogP contribution is -2.52. The lowest BCUT2D eigenvalue weighted by Gasteiger charge is -2.40. The lowest BCUT2D eigenvalue weighted by molar-refractivity contribution is -0.160. The van der Waals surface area contributed by atoms with E-state index < -0.39 is 17.6 Å². The van der Waals surface area contributed by atoms with Crippen molar-refractivity contribution in [1.82, 2.24) is 10.3 Å². The first kappa shape index (κ1) is 19.3. The molecule has 1 aromatic heterocycles. The molecule has 6 nitrogen and oxygen atoms in total. The van der Waals surface area contributed by atoms with Crippen molar-refractivity contribution in [3.8, 4) is 0 Å². The zero-order valence-electron chi connectivity index (χ0n) is 16.9. The van der Waals surface area contributed by atoms with E-state index in [2.05, 4.69) is 23.3 Å². The fourth-order valence-electron chi connectivity index (χ4n) is 5.82. The van der Waals surface area contributed by atoms with Crippen LogP contribution in [-0.4, -0.2) is 43.0 Å². The fraction of sp³-hybridized carbons (Fsp3) is 0.591. The number of nitrogens with one attached hydrogen (secondary N) is 1. The quantitative estimate of drug-likeness (QED) is 0.623. The number of allylic oxidation sites excluding steroid dienone is 1. The Kier molecular flexibility index (Phi) is 4.88. The first-order chi connectivity index (χ1) is 13.5. The number of carbonyl (C=O) groups excluding carboxylic acids is 2. The number of nitrogens with zero attached hydrogens (tertiary/aromatic N) is 1. The van der Waals surface area contributed by atoms with Crippen molar-refractivity contribution in [3.05, 3.63) is 41.2 Å². The Balaban J connectivity index is 1.93. The minimum Gasteiger partial charge on any atom is -0.469 e. The summed E-state index contributed by atoms with van der Waals surface area (Å²) in [5.41, 5.74) is 2.00. The van der Waals surface area contributed by atoms with Gasteiger partial charge in [-0.1, -0.05) is 18.6 Å². The molecule has 6 atom stereocenters. The lowest BCUT2D eigenvalue weighted by atomic mass is 9.61. The summed E-state index contributed by atoms with van der Waals surface area (Å²) < 4.78 is 10.9. The van der Waals surface area contributed by atoms with Crippen LogP contribution >= 0.6 is 0 Å². The molecule has 1 aliphatic heterocycles. The van der Waals surface area contributed by atoms with Crippen LogP contribution in [0.1, 0.15) is 43.9 Å². The van der Waals surface area contributed by atoms with Gasteiger partial charge < -0.3 is 9.47 Å². The fourth-order valence-corrected chi connectivity index (χ4v) is 5.82. The van der Waals surface area contributed by atoms with Crippen molar-refractivity contribution in [1.29, 1.82) is 0 Å². The molecule has 0 bridgehead atoms. The largest absolute Gasteiger partial charge is 0.469 e. The molecule has 4 rings (SSSR count). The SMILES string of the molecule is C/C=C1/CC(C)CC2C1NC1C(=O)C(OC)c3ccncc3CC12C(=O)OC. The molecule has 0 radical (unpaired) electrons. The predicted octanol–water partition coefficient (Wildman–Crippen LogP) is 2.39. The van der Waals surface area contributed by atoms with Crippen LogP contribution < -0.4 is 5.32 Å². The monoisotopic (exact) mass is 384 g/mol. The molecule has 28 heavy (non-hydrogen) atoms. The Bertz CT molecular complexity index is 836. The molecule has 0 spiro atoms. The maximum absolute atomic E-state index is 13.6. The summed E-state index contributed by atoms with van der Waals surface area (Å²) in [7, 11) is 2.96. The van der Waals surface area contributed by atoms with Crippen LogP contribution in [0, 0.1) is 17.3 Å². The van der Waals surface area contributed by atoms with Gasteiger partial charge in [-0.2, -0.15) is 0 Å². The van der Waals surface area contributed by atoms with Crippen molar-refractivity contribution in [2.75, 3.05) is 14.2 Å². The van der Waals surface area contributed by atoms with Gasteiger partial charge in [0.25, 0.3) is 0 Å². The minimum absolute atomic E-state index is 0.00461. The van der Waals surface area contributed by atoms with E-state index in [1.165, 1.54) is 12.7 Å². The summed E-state index contributed by atoms with van der Waals surface area (Å²) in [6.45, 7) is 4.24. The van der Waals surface area contributed by atoms with Gasteiger partial charge in [0.15, 0.2) is 5.78 Å². The summed E-state index contributed by atoms with van der Waals surface area (Å²) in [5, 5.41) is 3.54. The van der Waals surface area contributed by atoms with E-state index in [0.29, 0.717) is 12.3 Å². The number of Topliss-reactive ketones (excluding diaryl/α,β-unsaturated/α-hetero) is 1. The van der Waals surface area contributed by atoms with E-state index in [4.69, 9.17) is 9.47 Å². The Morgan fingerprint density at radius 3 is 2.86 bits per heavy atom. The third-order valence-corrected chi connectivity index (χ3v) is 6.99. The molecule has 0 aromatic carbocycles. The van der Waals surface area contributed by atoms with Crippen molar-refractivity contribution in [2.24, 2.45) is 17.3 Å². The summed E-state index contributed by atoms with van der Waals surface area (Å²) >= 11 is 0. The molecule has 1 aromatic rings. The second-order valence-corrected chi connectivity index (χ2v) is 8.39. The van der Waals surface area contributed by atoms with Gasteiger partial charge in [0, 0.05) is 25.5 Å². The first-order valence-corrected chi connectivity index (χ1v) is 9.96. The summed E-state index contributed by atoms with van der Waals surface area (Å²) in [4.78, 5) is 31.2. The Morgan fingerprint density at radius 1 is 1.39 bits per heavy atom. The number of ether oxygens (including phenoxy) is 2. The molecule has 1 N–H and O–H groups in total. The zero-order valence-corrected chi connectivity index (χ0v) is 16.9. The van der Waals surface area contributed by atoms with Gasteiger partial charge in [0.2, 0.25) is 0 Å². The number of hydrogen-bond acceptors (Lipinski definition) is 6. The number of methoxy groups -OCH3 is 2. The van der Waals surface area contributed by atoms with Gasteiger partial charge in [0.05, 0.1) is 18.6 Å². The van der Waals surface area contributed by atoms with Crippen LogP contribution in [0.2, 0.25) is 0 Å². The Morgan fingerprint density at radius 2 is 2.18 bits per heavy atom. The average Bonchev–Trinajstić information content (AvgIpc) is 2.98. The molecule has 150 valence electrons. The highest BCUT2D eigenvalue weighted by Gasteiger charge is 2.65. The highest BCUT2D eigenvalue weighted by molar-refractivity contribution is 5.97. The van der Waals surface area contributed by atoms with E-state index in [-0.39, 0.29) is 23.7 Å². The number of rotatable bonds is 2. The molecule has 1 saturated carbocycles. The van der Waals surface area contributed by atoms with Gasteiger partial charge in [-0.05, 0) is 55.2 Å². The summed E-state index contributed by atoms with van der Waals surface area (Å²) in [5.74, 6) is 0.0179. The van der Waals surface area contributed by atoms with Crippen LogP contribution in [0.4, 0.5) is 0 Å². The van der Waals surface area contributed by atoms with Crippen LogP contribution in [0.15, 0.2) is 30.1 Å². The Labute approximate surface area is 165 Å². The van der Waals surface area contributed by atoms with Crippen molar-refractivity contribution in [2.45, 2.75) is 51.3 Å². The van der Waals surface area contributed by atoms with Crippen LogP contribution in [0.3, 0.4) is 0 Å². The molecule has 3 aliphatic rings. The highest BCUT2D eigenvalue weighted by atomic mass is 16.5. The Hall–Kier alpha value is -2.05. The normalized spacial score (nSPS) is 38.4. The maximum atomic E-state index is 13.6. The molecule has 6 unspecified atom stereocenters. The van der Waals surface area contributed by atoms with E-state index in [1.807, 2.05) is 13.0 Å². The van der Waals surface area contributed by atoms with E-state index >= 15 is 0 Å². The first-order valence-electron chi connectivity index (χ1n) is 9.96. The number of aromatic nitrogens is 1. The number of ketones is 1. The van der Waals surface area contributed by atoms with Crippen LogP contribution in [0.5, 0.6) is 0 Å². The number of hydrogen-bond donors (Lipinski definition) is 1. The third kappa shape index (κ3) is 2.58. The zero-order chi connectivity index (χ0) is 20.1. The van der Waals surface area contributed by atoms with Gasteiger partial charge in [-0.15, -0.1) is 0 Å². The molecule has 2 aliphatic carbocycles. The topological polar surface area (TPSA) is 77.5 Å². The van der Waals surface area contributed by atoms with E-state index in [9.17, 15) is 9.59 Å². The van der Waals surface area contributed by atoms with Gasteiger partial charge in [-0.25, -0.2) is 0 Å². The summed E-state index contributed by atoms with van der Waals surface area (Å²) in [6, 6.07) is 1.18. The number of esters is 1. The summed E-state index contributed by atoms with van der Waals surface area (Å²) in [6.07, 6.45) is 7.13. The minimum atomic E-state index is -0.954. The third-order valence-electron chi connectivity index (χ3n) is 6.99. The van der Waals surface area contributed by atoms with Gasteiger partial charge >= 0.3 is 5.97 Å². The molecule has 1 saturated heterocycles. The van der Waals surface area contributed by atoms with Crippen molar-refractivity contribution in [3.63, 3.8) is 0 Å². The number of pyridine rings is 1. The van der Waals surface area contributed by atoms with E-state index in [1.54, 1.807) is 19.5 Å². The molecule has 0 amide bonds. The van der Waals surface area contributed by atoms with Crippen molar-refractivity contribution >= 4 is 11.8 Å². The molecular formula is C22H28N2O4. The molecular weight excluding hydrogens is 356 g/mol. The number of fused-ring (bicyclic) bond motifs is 4. The van der Waals surface area contributed by atoms with Gasteiger partial charge in [-0.3, -0.25) is 19.9 Å². The second kappa shape index (κ2) is 7.08. The van der Waals surface area contributed by atoms with Crippen LogP contribution in [-0.2, 0) is 25.5 Å². The van der Waals surface area contributed by atoms with Gasteiger partial charge in [0.1, 0.15) is 6.10 Å². The molecule has 2 fully saturated rings. The number of carbonyl (C=O) groups is 2. The smallest absolute Gasteiger partial charge is 0.314 e. The average molecular weight is 384 g/mol. The van der Waals surface area contributed by atoms with Crippen molar-refractivity contribution < 1.29 is 19.1 Å². The maximum Gasteiger partial charge on any atom is 0.314 e. The highest BCUT2D eigenvalue weighted by Crippen LogP contribution is 2.54. The molecule has 2 heterocycles.